The highest BCUT2D eigenvalue weighted by Crippen LogP contribution is 2.46. The average Bonchev–Trinajstić information content (AvgIpc) is 2.79. The van der Waals surface area contributed by atoms with Crippen molar-refractivity contribution in [1.29, 1.82) is 0 Å². The number of anilines is 2. The summed E-state index contributed by atoms with van der Waals surface area (Å²) in [6.45, 7) is 2.49. The van der Waals surface area contributed by atoms with Crippen LogP contribution in [0.1, 0.15) is 37.3 Å². The van der Waals surface area contributed by atoms with Crippen LogP contribution < -0.4 is 20.1 Å². The molecule has 2 N–H and O–H groups in total. The number of carbonyl (C=O) groups is 2. The Bertz CT molecular complexity index is 1220. The van der Waals surface area contributed by atoms with Gasteiger partial charge in [0.1, 0.15) is 17.1 Å². The fourth-order valence-corrected chi connectivity index (χ4v) is 4.53. The van der Waals surface area contributed by atoms with Gasteiger partial charge in [-0.05, 0) is 42.8 Å². The van der Waals surface area contributed by atoms with Gasteiger partial charge >= 0.3 is 6.18 Å². The van der Waals surface area contributed by atoms with Crippen molar-refractivity contribution in [3.63, 3.8) is 0 Å². The van der Waals surface area contributed by atoms with Gasteiger partial charge in [0, 0.05) is 36.6 Å². The second kappa shape index (κ2) is 8.60. The molecule has 35 heavy (non-hydrogen) atoms. The van der Waals surface area contributed by atoms with Gasteiger partial charge in [-0.1, -0.05) is 6.07 Å². The predicted molar refractivity (Wildman–Crippen MR) is 121 cm³/mol. The number of rotatable bonds is 2. The van der Waals surface area contributed by atoms with Gasteiger partial charge in [-0.2, -0.15) is 13.2 Å². The molecule has 1 unspecified atom stereocenters. The van der Waals surface area contributed by atoms with Crippen LogP contribution in [0.2, 0.25) is 0 Å². The largest absolute Gasteiger partial charge is 0.486 e. The normalized spacial score (nSPS) is 21.9. The van der Waals surface area contributed by atoms with E-state index in [1.807, 2.05) is 0 Å². The van der Waals surface area contributed by atoms with E-state index in [2.05, 4.69) is 10.6 Å². The van der Waals surface area contributed by atoms with Crippen molar-refractivity contribution in [3.8, 4) is 11.5 Å². The van der Waals surface area contributed by atoms with Crippen LogP contribution in [0.15, 0.2) is 42.5 Å². The number of hydrogen-bond donors (Lipinski definition) is 2. The number of amides is 2. The number of nitrogens with one attached hydrogen (secondary N) is 2. The molecule has 1 spiro atoms. The first-order valence-electron chi connectivity index (χ1n) is 11.2. The van der Waals surface area contributed by atoms with Crippen LogP contribution in [0.25, 0.3) is 5.57 Å². The number of carbonyl (C=O) groups excluding carboxylic acids is 2. The molecule has 10 heteroatoms. The maximum absolute atomic E-state index is 13.3. The molecule has 3 heterocycles. The summed E-state index contributed by atoms with van der Waals surface area (Å²) in [7, 11) is 0. The molecule has 1 atom stereocenters. The Morgan fingerprint density at radius 1 is 1.14 bits per heavy atom. The van der Waals surface area contributed by atoms with Crippen LogP contribution in [0.3, 0.4) is 0 Å². The Hall–Kier alpha value is -3.53. The lowest BCUT2D eigenvalue weighted by Gasteiger charge is -2.42. The maximum atomic E-state index is 13.3. The molecular formula is C25H23F3N2O5. The summed E-state index contributed by atoms with van der Waals surface area (Å²) in [5, 5.41) is 5.48. The lowest BCUT2D eigenvalue weighted by molar-refractivity contribution is -0.138. The van der Waals surface area contributed by atoms with Crippen molar-refractivity contribution in [1.82, 2.24) is 0 Å². The highest BCUT2D eigenvalue weighted by Gasteiger charge is 2.41. The molecule has 0 saturated carbocycles. The van der Waals surface area contributed by atoms with Gasteiger partial charge in [0.05, 0.1) is 24.5 Å². The third-order valence-corrected chi connectivity index (χ3v) is 6.38. The van der Waals surface area contributed by atoms with Crippen LogP contribution >= 0.6 is 0 Å². The van der Waals surface area contributed by atoms with Gasteiger partial charge in [-0.15, -0.1) is 0 Å². The molecule has 2 aromatic rings. The quantitative estimate of drug-likeness (QED) is 0.595. The molecule has 0 aromatic heterocycles. The predicted octanol–water partition coefficient (Wildman–Crippen LogP) is 4.78. The van der Waals surface area contributed by atoms with E-state index in [9.17, 15) is 22.8 Å². The van der Waals surface area contributed by atoms with Gasteiger partial charge in [-0.25, -0.2) is 0 Å². The Morgan fingerprint density at radius 3 is 2.66 bits per heavy atom. The highest BCUT2D eigenvalue weighted by atomic mass is 19.4. The Labute approximate surface area is 199 Å². The summed E-state index contributed by atoms with van der Waals surface area (Å²) in [5.41, 5.74) is 0.372. The maximum Gasteiger partial charge on any atom is 0.416 e. The number of benzene rings is 2. The first-order chi connectivity index (χ1) is 16.6. The average molecular weight is 488 g/mol. The van der Waals surface area contributed by atoms with Gasteiger partial charge in [0.25, 0.3) is 5.91 Å². The number of alkyl halides is 3. The minimum Gasteiger partial charge on any atom is -0.486 e. The molecule has 3 aliphatic rings. The zero-order chi connectivity index (χ0) is 24.8. The minimum atomic E-state index is -4.51. The molecule has 0 bridgehead atoms. The van der Waals surface area contributed by atoms with E-state index in [4.69, 9.17) is 14.2 Å². The Morgan fingerprint density at radius 2 is 1.91 bits per heavy atom. The highest BCUT2D eigenvalue weighted by molar-refractivity contribution is 6.05. The summed E-state index contributed by atoms with van der Waals surface area (Å²) in [6, 6.07) is 8.20. The molecule has 2 amide bonds. The van der Waals surface area contributed by atoms with Crippen molar-refractivity contribution in [2.75, 3.05) is 23.8 Å². The lowest BCUT2D eigenvalue weighted by Crippen LogP contribution is -2.44. The van der Waals surface area contributed by atoms with Crippen LogP contribution in [0.4, 0.5) is 24.5 Å². The molecule has 2 aromatic carbocycles. The monoisotopic (exact) mass is 488 g/mol. The topological polar surface area (TPSA) is 85.9 Å². The summed E-state index contributed by atoms with van der Waals surface area (Å²) < 4.78 is 57.0. The SMILES string of the molecule is CC1Oc2ccc(NC(=O)/C=C3\CC4(CCOCC4)Oc4cc(C(F)(F)F)ccc43)cc2NC1=O. The molecule has 0 aliphatic carbocycles. The molecule has 5 rings (SSSR count). The Kier molecular flexibility index (Phi) is 5.71. The lowest BCUT2D eigenvalue weighted by atomic mass is 9.81. The number of hydrogen-bond acceptors (Lipinski definition) is 5. The molecular weight excluding hydrogens is 465 g/mol. The second-order valence-electron chi connectivity index (χ2n) is 8.90. The Balaban J connectivity index is 1.43. The zero-order valence-electron chi connectivity index (χ0n) is 18.8. The third-order valence-electron chi connectivity index (χ3n) is 6.38. The minimum absolute atomic E-state index is 0.106. The van der Waals surface area contributed by atoms with Gasteiger partial charge in [0.15, 0.2) is 6.10 Å². The van der Waals surface area contributed by atoms with Crippen molar-refractivity contribution in [2.24, 2.45) is 0 Å². The number of ether oxygens (including phenoxy) is 3. The molecule has 1 fully saturated rings. The van der Waals surface area contributed by atoms with Crippen molar-refractivity contribution >= 4 is 28.8 Å². The van der Waals surface area contributed by atoms with E-state index in [1.165, 1.54) is 12.1 Å². The first kappa shape index (κ1) is 23.2. The summed E-state index contributed by atoms with van der Waals surface area (Å²) in [6.07, 6.45) is -2.36. The molecule has 0 radical (unpaired) electrons. The van der Waals surface area contributed by atoms with Gasteiger partial charge in [-0.3, -0.25) is 9.59 Å². The van der Waals surface area contributed by atoms with E-state index < -0.39 is 29.4 Å². The van der Waals surface area contributed by atoms with Gasteiger partial charge in [0.2, 0.25) is 5.91 Å². The van der Waals surface area contributed by atoms with E-state index in [0.29, 0.717) is 60.7 Å². The smallest absolute Gasteiger partial charge is 0.416 e. The van der Waals surface area contributed by atoms with E-state index >= 15 is 0 Å². The first-order valence-corrected chi connectivity index (χ1v) is 11.2. The molecule has 7 nitrogen and oxygen atoms in total. The van der Waals surface area contributed by atoms with Crippen LogP contribution in [-0.4, -0.2) is 36.7 Å². The van der Waals surface area contributed by atoms with Crippen LogP contribution in [0, 0.1) is 0 Å². The number of fused-ring (bicyclic) bond motifs is 2. The molecule has 1 saturated heterocycles. The summed E-state index contributed by atoms with van der Waals surface area (Å²) in [5.74, 6) is -0.142. The van der Waals surface area contributed by atoms with Crippen LogP contribution in [-0.2, 0) is 20.5 Å². The summed E-state index contributed by atoms with van der Waals surface area (Å²) in [4.78, 5) is 24.8. The van der Waals surface area contributed by atoms with Crippen LogP contribution in [0.5, 0.6) is 11.5 Å². The standard InChI is InChI=1S/C25H23F3N2O5/c1-14-23(32)30-19-12-17(3-5-20(19)34-14)29-22(31)10-15-13-24(6-8-33-9-7-24)35-21-11-16(25(26,27)28)2-4-18(15)21/h2-5,10-12,14H,6-9,13H2,1H3,(H,29,31)(H,30,32)/b15-10+. The van der Waals surface area contributed by atoms with Crippen molar-refractivity contribution in [2.45, 2.75) is 44.1 Å². The summed E-state index contributed by atoms with van der Waals surface area (Å²) >= 11 is 0. The molecule has 3 aliphatic heterocycles. The van der Waals surface area contributed by atoms with E-state index in [1.54, 1.807) is 25.1 Å². The fraction of sp³-hybridized carbons (Fsp3) is 0.360. The van der Waals surface area contributed by atoms with E-state index in [0.717, 1.165) is 12.1 Å². The molecule has 184 valence electrons. The van der Waals surface area contributed by atoms with Gasteiger partial charge < -0.3 is 24.8 Å². The van der Waals surface area contributed by atoms with E-state index in [-0.39, 0.29) is 11.7 Å². The number of halogens is 3. The fourth-order valence-electron chi connectivity index (χ4n) is 4.53. The third kappa shape index (κ3) is 4.70. The zero-order valence-corrected chi connectivity index (χ0v) is 18.8. The second-order valence-corrected chi connectivity index (χ2v) is 8.90. The van der Waals surface area contributed by atoms with Crippen molar-refractivity contribution < 1.29 is 37.0 Å². The van der Waals surface area contributed by atoms with Crippen molar-refractivity contribution in [3.05, 3.63) is 53.6 Å².